The molecule has 2 N–H and O–H groups in total. The van der Waals surface area contributed by atoms with Gasteiger partial charge in [-0.2, -0.15) is 4.39 Å². The number of hydrogen-bond acceptors (Lipinski definition) is 4. The molecule has 0 aliphatic carbocycles. The van der Waals surface area contributed by atoms with E-state index in [0.717, 1.165) is 5.69 Å². The van der Waals surface area contributed by atoms with Gasteiger partial charge in [-0.05, 0) is 24.3 Å². The summed E-state index contributed by atoms with van der Waals surface area (Å²) in [6, 6.07) is 7.95. The lowest BCUT2D eigenvalue weighted by molar-refractivity contribution is 0.102. The van der Waals surface area contributed by atoms with Crippen molar-refractivity contribution in [1.29, 1.82) is 0 Å². The number of benzene rings is 1. The third-order valence-electron chi connectivity index (χ3n) is 2.91. The SMILES string of the molecule is O=C(Nc1ccc(F)nc1)c1cccc2c1OCCN2. The Hall–Kier alpha value is -2.63. The molecule has 1 aromatic carbocycles. The number of carbonyl (C=O) groups excluding carboxylic acids is 1. The standard InChI is InChI=1S/C14H12FN3O2/c15-12-5-4-9(8-17-12)18-14(19)10-2-1-3-11-13(10)20-7-6-16-11/h1-5,8,16H,6-7H2,(H,18,19). The van der Waals surface area contributed by atoms with Crippen LogP contribution in [-0.2, 0) is 0 Å². The Morgan fingerprint density at radius 3 is 3.05 bits per heavy atom. The van der Waals surface area contributed by atoms with Crippen LogP contribution in [0.1, 0.15) is 10.4 Å². The fraction of sp³-hybridized carbons (Fsp3) is 0.143. The van der Waals surface area contributed by atoms with Gasteiger partial charge in [0.15, 0.2) is 5.75 Å². The molecule has 0 radical (unpaired) electrons. The monoisotopic (exact) mass is 273 g/mol. The number of halogens is 1. The first-order valence-corrected chi connectivity index (χ1v) is 6.16. The predicted octanol–water partition coefficient (Wildman–Crippen LogP) is 2.28. The summed E-state index contributed by atoms with van der Waals surface area (Å²) in [5, 5.41) is 5.82. The lowest BCUT2D eigenvalue weighted by Crippen LogP contribution is -2.21. The molecule has 6 heteroatoms. The second kappa shape index (κ2) is 5.16. The predicted molar refractivity (Wildman–Crippen MR) is 72.6 cm³/mol. The molecule has 102 valence electrons. The quantitative estimate of drug-likeness (QED) is 0.824. The number of para-hydroxylation sites is 1. The van der Waals surface area contributed by atoms with E-state index < -0.39 is 5.95 Å². The number of nitrogens with zero attached hydrogens (tertiary/aromatic N) is 1. The molecule has 5 nitrogen and oxygen atoms in total. The lowest BCUT2D eigenvalue weighted by Gasteiger charge is -2.21. The van der Waals surface area contributed by atoms with Crippen molar-refractivity contribution < 1.29 is 13.9 Å². The average Bonchev–Trinajstić information content (AvgIpc) is 2.49. The van der Waals surface area contributed by atoms with Crippen molar-refractivity contribution in [3.63, 3.8) is 0 Å². The zero-order valence-corrected chi connectivity index (χ0v) is 10.5. The van der Waals surface area contributed by atoms with Crippen molar-refractivity contribution in [2.45, 2.75) is 0 Å². The molecule has 1 aliphatic rings. The average molecular weight is 273 g/mol. The zero-order chi connectivity index (χ0) is 13.9. The Bertz CT molecular complexity index is 643. The highest BCUT2D eigenvalue weighted by atomic mass is 19.1. The zero-order valence-electron chi connectivity index (χ0n) is 10.5. The first kappa shape index (κ1) is 12.4. The number of anilines is 2. The molecule has 0 unspecified atom stereocenters. The molecule has 1 aliphatic heterocycles. The molecule has 0 saturated heterocycles. The highest BCUT2D eigenvalue weighted by molar-refractivity contribution is 6.07. The second-order valence-corrected chi connectivity index (χ2v) is 4.28. The maximum atomic E-state index is 12.7. The largest absolute Gasteiger partial charge is 0.489 e. The molecule has 3 rings (SSSR count). The molecule has 2 aromatic rings. The van der Waals surface area contributed by atoms with Crippen molar-refractivity contribution in [1.82, 2.24) is 4.98 Å². The molecule has 0 spiro atoms. The van der Waals surface area contributed by atoms with Gasteiger partial charge < -0.3 is 15.4 Å². The summed E-state index contributed by atoms with van der Waals surface area (Å²) in [7, 11) is 0. The summed E-state index contributed by atoms with van der Waals surface area (Å²) >= 11 is 0. The highest BCUT2D eigenvalue weighted by Crippen LogP contribution is 2.31. The van der Waals surface area contributed by atoms with Crippen molar-refractivity contribution >= 4 is 17.3 Å². The molecular formula is C14H12FN3O2. The normalized spacial score (nSPS) is 12.8. The fourth-order valence-electron chi connectivity index (χ4n) is 2.00. The summed E-state index contributed by atoms with van der Waals surface area (Å²) < 4.78 is 18.3. The Morgan fingerprint density at radius 2 is 2.25 bits per heavy atom. The number of carbonyl (C=O) groups is 1. The number of fused-ring (bicyclic) bond motifs is 1. The Balaban J connectivity index is 1.85. The Morgan fingerprint density at radius 1 is 1.35 bits per heavy atom. The second-order valence-electron chi connectivity index (χ2n) is 4.28. The third kappa shape index (κ3) is 2.40. The minimum Gasteiger partial charge on any atom is -0.489 e. The van der Waals surface area contributed by atoms with E-state index in [2.05, 4.69) is 15.6 Å². The molecular weight excluding hydrogens is 261 g/mol. The van der Waals surface area contributed by atoms with E-state index in [-0.39, 0.29) is 5.91 Å². The van der Waals surface area contributed by atoms with Gasteiger partial charge >= 0.3 is 0 Å². The van der Waals surface area contributed by atoms with Crippen LogP contribution in [0.2, 0.25) is 0 Å². The molecule has 0 fully saturated rings. The lowest BCUT2D eigenvalue weighted by atomic mass is 10.1. The highest BCUT2D eigenvalue weighted by Gasteiger charge is 2.19. The molecule has 0 bridgehead atoms. The van der Waals surface area contributed by atoms with Gasteiger partial charge in [-0.1, -0.05) is 6.07 Å². The van der Waals surface area contributed by atoms with Gasteiger partial charge in [0.25, 0.3) is 5.91 Å². The molecule has 0 saturated carbocycles. The van der Waals surface area contributed by atoms with E-state index in [1.54, 1.807) is 12.1 Å². The minimum absolute atomic E-state index is 0.320. The van der Waals surface area contributed by atoms with E-state index in [1.807, 2.05) is 6.07 Å². The van der Waals surface area contributed by atoms with Crippen molar-refractivity contribution in [2.24, 2.45) is 0 Å². The number of pyridine rings is 1. The van der Waals surface area contributed by atoms with Crippen LogP contribution in [0, 0.1) is 5.95 Å². The van der Waals surface area contributed by atoms with Crippen LogP contribution in [0.4, 0.5) is 15.8 Å². The topological polar surface area (TPSA) is 63.2 Å². The summed E-state index contributed by atoms with van der Waals surface area (Å²) in [6.07, 6.45) is 1.27. The van der Waals surface area contributed by atoms with Gasteiger partial charge in [0, 0.05) is 6.54 Å². The number of ether oxygens (including phenoxy) is 1. The third-order valence-corrected chi connectivity index (χ3v) is 2.91. The molecule has 20 heavy (non-hydrogen) atoms. The maximum Gasteiger partial charge on any atom is 0.259 e. The summed E-state index contributed by atoms with van der Waals surface area (Å²) in [5.74, 6) is -0.377. The first-order chi connectivity index (χ1) is 9.74. The van der Waals surface area contributed by atoms with Gasteiger partial charge in [-0.3, -0.25) is 4.79 Å². The van der Waals surface area contributed by atoms with Crippen molar-refractivity contribution in [3.8, 4) is 5.75 Å². The van der Waals surface area contributed by atoms with Crippen molar-refractivity contribution in [2.75, 3.05) is 23.8 Å². The molecule has 1 aromatic heterocycles. The van der Waals surface area contributed by atoms with Gasteiger partial charge in [-0.25, -0.2) is 4.98 Å². The summed E-state index contributed by atoms with van der Waals surface area (Å²) in [6.45, 7) is 1.22. The summed E-state index contributed by atoms with van der Waals surface area (Å²) in [5.41, 5.74) is 1.65. The smallest absolute Gasteiger partial charge is 0.259 e. The Labute approximate surface area is 114 Å². The number of nitrogens with one attached hydrogen (secondary N) is 2. The van der Waals surface area contributed by atoms with Gasteiger partial charge in [0.2, 0.25) is 5.95 Å². The van der Waals surface area contributed by atoms with E-state index in [0.29, 0.717) is 30.2 Å². The van der Waals surface area contributed by atoms with Crippen LogP contribution in [0.5, 0.6) is 5.75 Å². The van der Waals surface area contributed by atoms with E-state index in [1.165, 1.54) is 18.3 Å². The van der Waals surface area contributed by atoms with E-state index >= 15 is 0 Å². The number of hydrogen-bond donors (Lipinski definition) is 2. The Kier molecular flexibility index (Phi) is 3.20. The molecule has 0 atom stereocenters. The number of aromatic nitrogens is 1. The number of amides is 1. The van der Waals surface area contributed by atoms with Gasteiger partial charge in [0.1, 0.15) is 6.61 Å². The molecule has 2 heterocycles. The summed E-state index contributed by atoms with van der Waals surface area (Å²) in [4.78, 5) is 15.7. The molecule has 1 amide bonds. The van der Waals surface area contributed by atoms with Gasteiger partial charge in [0.05, 0.1) is 23.1 Å². The van der Waals surface area contributed by atoms with Crippen LogP contribution in [-0.4, -0.2) is 24.0 Å². The van der Waals surface area contributed by atoms with Crippen LogP contribution >= 0.6 is 0 Å². The van der Waals surface area contributed by atoms with Crippen LogP contribution in [0.25, 0.3) is 0 Å². The van der Waals surface area contributed by atoms with Crippen LogP contribution in [0.15, 0.2) is 36.5 Å². The van der Waals surface area contributed by atoms with Gasteiger partial charge in [-0.15, -0.1) is 0 Å². The first-order valence-electron chi connectivity index (χ1n) is 6.16. The maximum absolute atomic E-state index is 12.7. The van der Waals surface area contributed by atoms with E-state index in [4.69, 9.17) is 4.74 Å². The van der Waals surface area contributed by atoms with Crippen LogP contribution in [0.3, 0.4) is 0 Å². The van der Waals surface area contributed by atoms with Crippen LogP contribution < -0.4 is 15.4 Å². The number of rotatable bonds is 2. The van der Waals surface area contributed by atoms with E-state index in [9.17, 15) is 9.18 Å². The fourth-order valence-corrected chi connectivity index (χ4v) is 2.00. The van der Waals surface area contributed by atoms with Crippen molar-refractivity contribution in [3.05, 3.63) is 48.0 Å². The minimum atomic E-state index is -0.590.